The molecule has 1 aliphatic rings. The second kappa shape index (κ2) is 10.4. The van der Waals surface area contributed by atoms with Crippen LogP contribution in [-0.2, 0) is 19.6 Å². The minimum atomic E-state index is -3.81. The number of nitrogens with zero attached hydrogens (tertiary/aromatic N) is 2. The van der Waals surface area contributed by atoms with Gasteiger partial charge in [-0.05, 0) is 63.4 Å². The summed E-state index contributed by atoms with van der Waals surface area (Å²) in [6.45, 7) is 17.4. The van der Waals surface area contributed by atoms with E-state index in [-0.39, 0.29) is 15.9 Å². The van der Waals surface area contributed by atoms with E-state index < -0.39 is 27.4 Å². The number of sulfonamides is 1. The molecule has 2 atom stereocenters. The van der Waals surface area contributed by atoms with Crippen LogP contribution in [0, 0.1) is 0 Å². The molecule has 2 aromatic rings. The van der Waals surface area contributed by atoms with Crippen molar-refractivity contribution in [2.45, 2.75) is 62.3 Å². The molecule has 1 aliphatic heterocycles. The van der Waals surface area contributed by atoms with Crippen LogP contribution < -0.4 is 0 Å². The summed E-state index contributed by atoms with van der Waals surface area (Å²) < 4.78 is 36.5. The summed E-state index contributed by atoms with van der Waals surface area (Å²) in [4.78, 5) is 4.35. The molecular formula is C26H37N2O3SSi2. The Morgan fingerprint density at radius 3 is 2.44 bits per heavy atom. The van der Waals surface area contributed by atoms with Crippen LogP contribution in [0.25, 0.3) is 6.08 Å². The number of piperidine rings is 1. The second-order valence-corrected chi connectivity index (χ2v) is 18.7. The Balaban J connectivity index is 2.12. The van der Waals surface area contributed by atoms with Gasteiger partial charge in [-0.1, -0.05) is 61.5 Å². The smallest absolute Gasteiger partial charge is 0.245 e. The maximum absolute atomic E-state index is 14.1. The largest absolute Gasteiger partial charge is 0.455 e. The summed E-state index contributed by atoms with van der Waals surface area (Å²) in [6, 6.07) is 15.6. The van der Waals surface area contributed by atoms with Crippen molar-refractivity contribution in [1.29, 1.82) is 0 Å². The van der Waals surface area contributed by atoms with Gasteiger partial charge in [0.1, 0.15) is 4.90 Å². The molecule has 0 aliphatic carbocycles. The fraction of sp³-hybridized carbons (Fsp3) is 0.423. The van der Waals surface area contributed by atoms with Gasteiger partial charge in [0.25, 0.3) is 0 Å². The molecule has 183 valence electrons. The summed E-state index contributed by atoms with van der Waals surface area (Å²) >= 11 is 0. The third kappa shape index (κ3) is 5.52. The van der Waals surface area contributed by atoms with Gasteiger partial charge in [-0.2, -0.15) is 4.31 Å². The fourth-order valence-electron chi connectivity index (χ4n) is 5.05. The van der Waals surface area contributed by atoms with E-state index in [4.69, 9.17) is 4.12 Å². The van der Waals surface area contributed by atoms with Crippen LogP contribution in [0.3, 0.4) is 0 Å². The number of para-hydroxylation sites is 1. The number of hydrogen-bond acceptors (Lipinski definition) is 4. The van der Waals surface area contributed by atoms with E-state index in [0.29, 0.717) is 18.8 Å². The summed E-state index contributed by atoms with van der Waals surface area (Å²) in [5.74, 6) is 0. The minimum Gasteiger partial charge on any atom is -0.455 e. The minimum absolute atomic E-state index is 0.167. The molecule has 5 nitrogen and oxygen atoms in total. The number of rotatable bonds is 8. The normalized spacial score (nSPS) is 22.4. The van der Waals surface area contributed by atoms with Crippen molar-refractivity contribution in [3.63, 3.8) is 0 Å². The van der Waals surface area contributed by atoms with Crippen LogP contribution in [0.5, 0.6) is 0 Å². The van der Waals surface area contributed by atoms with E-state index in [0.717, 1.165) is 17.5 Å². The SMILES string of the molecule is C=Nc1c(/C=C\C)cccc1S(=O)(=O)N1CC([Si](C)(C)O[Si](C)C)C[C@@](C)(c2ccccc2)C1. The monoisotopic (exact) mass is 513 g/mol. The highest BCUT2D eigenvalue weighted by atomic mass is 32.2. The van der Waals surface area contributed by atoms with Crippen LogP contribution in [0.15, 0.2) is 64.5 Å². The molecule has 0 spiro atoms. The lowest BCUT2D eigenvalue weighted by Gasteiger charge is -2.48. The first-order chi connectivity index (χ1) is 15.9. The van der Waals surface area contributed by atoms with E-state index in [9.17, 15) is 8.42 Å². The Kier molecular flexibility index (Phi) is 8.19. The Morgan fingerprint density at radius 2 is 1.85 bits per heavy atom. The molecule has 2 aromatic carbocycles. The Labute approximate surface area is 208 Å². The van der Waals surface area contributed by atoms with Gasteiger partial charge in [0.05, 0.1) is 5.69 Å². The standard InChI is InChI=1S/C26H37N2O3SSi2/c1-8-13-21-14-12-17-24(25(21)27-3)32(29,30)28-19-23(34(6,7)31-33(4)5)18-26(2,20-28)22-15-10-9-11-16-22/h8-17,23H,3,18-20H2,1-2,4-7H3/b13-8-/t23?,26-/m1/s1. The van der Waals surface area contributed by atoms with Gasteiger partial charge < -0.3 is 4.12 Å². The van der Waals surface area contributed by atoms with Gasteiger partial charge in [-0.3, -0.25) is 4.99 Å². The third-order valence-corrected chi connectivity index (χ3v) is 14.7. The zero-order valence-electron chi connectivity index (χ0n) is 21.2. The predicted octanol–water partition coefficient (Wildman–Crippen LogP) is 6.25. The summed E-state index contributed by atoms with van der Waals surface area (Å²) in [5, 5.41) is 0. The van der Waals surface area contributed by atoms with Gasteiger partial charge in [-0.25, -0.2) is 8.42 Å². The lowest BCUT2D eigenvalue weighted by molar-refractivity contribution is 0.230. The first-order valence-corrected chi connectivity index (χ1v) is 18.6. The van der Waals surface area contributed by atoms with Gasteiger partial charge in [0, 0.05) is 24.1 Å². The molecule has 1 heterocycles. The Bertz CT molecular complexity index is 1150. The molecule has 0 aromatic heterocycles. The molecule has 1 saturated heterocycles. The van der Waals surface area contributed by atoms with Crippen molar-refractivity contribution in [1.82, 2.24) is 4.31 Å². The average Bonchev–Trinajstić information content (AvgIpc) is 2.78. The zero-order valence-corrected chi connectivity index (χ0v) is 24.0. The molecule has 1 fully saturated rings. The molecular weight excluding hydrogens is 477 g/mol. The number of allylic oxidation sites excluding steroid dienone is 1. The van der Waals surface area contributed by atoms with Gasteiger partial charge >= 0.3 is 0 Å². The molecule has 0 N–H and O–H groups in total. The Morgan fingerprint density at radius 1 is 1.18 bits per heavy atom. The van der Waals surface area contributed by atoms with Crippen LogP contribution in [0.2, 0.25) is 31.7 Å². The molecule has 1 radical (unpaired) electrons. The summed E-state index contributed by atoms with van der Waals surface area (Å²) in [7, 11) is -6.87. The lowest BCUT2D eigenvalue weighted by atomic mass is 9.76. The van der Waals surface area contributed by atoms with E-state index in [2.05, 4.69) is 57.0 Å². The van der Waals surface area contributed by atoms with Crippen molar-refractivity contribution >= 4 is 45.9 Å². The van der Waals surface area contributed by atoms with Crippen LogP contribution in [0.4, 0.5) is 5.69 Å². The Hall–Kier alpha value is -1.85. The van der Waals surface area contributed by atoms with E-state index in [1.54, 1.807) is 16.4 Å². The van der Waals surface area contributed by atoms with Gasteiger partial charge in [-0.15, -0.1) is 0 Å². The topological polar surface area (TPSA) is 59.0 Å². The molecule has 0 saturated carbocycles. The molecule has 1 unspecified atom stereocenters. The first-order valence-electron chi connectivity index (χ1n) is 11.7. The number of benzene rings is 2. The highest BCUT2D eigenvalue weighted by molar-refractivity contribution is 7.89. The lowest BCUT2D eigenvalue weighted by Crippen LogP contribution is -2.55. The van der Waals surface area contributed by atoms with Gasteiger partial charge in [0.2, 0.25) is 10.0 Å². The van der Waals surface area contributed by atoms with Crippen molar-refractivity contribution in [2.75, 3.05) is 13.1 Å². The molecule has 34 heavy (non-hydrogen) atoms. The molecule has 0 bridgehead atoms. The first kappa shape index (κ1) is 26.8. The molecule has 8 heteroatoms. The number of hydrogen-bond donors (Lipinski definition) is 0. The van der Waals surface area contributed by atoms with Crippen molar-refractivity contribution in [3.8, 4) is 0 Å². The second-order valence-electron chi connectivity index (χ2n) is 10.1. The molecule has 3 rings (SSSR count). The summed E-state index contributed by atoms with van der Waals surface area (Å²) in [5.41, 5.74) is 2.17. The van der Waals surface area contributed by atoms with Crippen molar-refractivity contribution in [3.05, 3.63) is 65.7 Å². The fourth-order valence-corrected chi connectivity index (χ4v) is 13.4. The predicted molar refractivity (Wildman–Crippen MR) is 147 cm³/mol. The highest BCUT2D eigenvalue weighted by Crippen LogP contribution is 2.45. The highest BCUT2D eigenvalue weighted by Gasteiger charge is 2.48. The quantitative estimate of drug-likeness (QED) is 0.310. The van der Waals surface area contributed by atoms with E-state index >= 15 is 0 Å². The van der Waals surface area contributed by atoms with Crippen LogP contribution in [-0.4, -0.2) is 49.9 Å². The third-order valence-electron chi connectivity index (χ3n) is 6.72. The van der Waals surface area contributed by atoms with Crippen molar-refractivity contribution in [2.24, 2.45) is 4.99 Å². The number of aliphatic imine (C=N–C) groups is 1. The van der Waals surface area contributed by atoms with E-state index in [1.807, 2.05) is 43.3 Å². The van der Waals surface area contributed by atoms with Crippen LogP contribution in [0.1, 0.15) is 31.4 Å². The van der Waals surface area contributed by atoms with Crippen LogP contribution >= 0.6 is 0 Å². The molecule has 0 amide bonds. The maximum Gasteiger partial charge on any atom is 0.245 e. The average molecular weight is 514 g/mol. The zero-order chi connectivity index (χ0) is 25.1. The maximum atomic E-state index is 14.1. The summed E-state index contributed by atoms with van der Waals surface area (Å²) in [6.07, 6.45) is 4.65. The van der Waals surface area contributed by atoms with Gasteiger partial charge in [0.15, 0.2) is 17.4 Å². The van der Waals surface area contributed by atoms with Crippen molar-refractivity contribution < 1.29 is 12.5 Å². The van der Waals surface area contributed by atoms with E-state index in [1.165, 1.54) is 0 Å².